The third kappa shape index (κ3) is 6.44. The molecule has 1 atom stereocenters. The number of aliphatic hydroxyl groups is 1. The molecule has 4 heteroatoms. The molecule has 3 nitrogen and oxygen atoms in total. The summed E-state index contributed by atoms with van der Waals surface area (Å²) in [5.74, 6) is 0.506. The van der Waals surface area contributed by atoms with Crippen LogP contribution in [0.1, 0.15) is 45.1 Å². The summed E-state index contributed by atoms with van der Waals surface area (Å²) in [5.41, 5.74) is 0.613. The van der Waals surface area contributed by atoms with Gasteiger partial charge in [-0.1, -0.05) is 6.92 Å². The summed E-state index contributed by atoms with van der Waals surface area (Å²) in [4.78, 5) is 0. The van der Waals surface area contributed by atoms with Crippen LogP contribution in [-0.4, -0.2) is 30.4 Å². The molecular formula is C17H28FNO2. The van der Waals surface area contributed by atoms with E-state index in [1.54, 1.807) is 6.07 Å². The highest BCUT2D eigenvalue weighted by atomic mass is 19.1. The summed E-state index contributed by atoms with van der Waals surface area (Å²) in [6.45, 7) is 7.68. The van der Waals surface area contributed by atoms with E-state index in [0.717, 1.165) is 43.5 Å². The van der Waals surface area contributed by atoms with Crippen LogP contribution in [0.4, 0.5) is 4.39 Å². The van der Waals surface area contributed by atoms with Gasteiger partial charge in [-0.05, 0) is 69.8 Å². The highest BCUT2D eigenvalue weighted by Crippen LogP contribution is 2.19. The van der Waals surface area contributed by atoms with Gasteiger partial charge in [0, 0.05) is 5.54 Å². The normalized spacial score (nSPS) is 14.0. The van der Waals surface area contributed by atoms with Crippen molar-refractivity contribution >= 4 is 0 Å². The molecular weight excluding hydrogens is 269 g/mol. The van der Waals surface area contributed by atoms with E-state index in [-0.39, 0.29) is 18.0 Å². The van der Waals surface area contributed by atoms with Crippen molar-refractivity contribution in [3.63, 3.8) is 0 Å². The lowest BCUT2D eigenvalue weighted by molar-refractivity contribution is 0.160. The maximum atomic E-state index is 13.0. The van der Waals surface area contributed by atoms with Crippen molar-refractivity contribution in [2.24, 2.45) is 0 Å². The number of nitrogens with one attached hydrogen (secondary N) is 1. The minimum Gasteiger partial charge on any atom is -0.493 e. The molecule has 0 heterocycles. The van der Waals surface area contributed by atoms with Crippen LogP contribution in [0, 0.1) is 12.7 Å². The first kappa shape index (κ1) is 17.9. The summed E-state index contributed by atoms with van der Waals surface area (Å²) in [5, 5.41) is 12.9. The zero-order valence-electron chi connectivity index (χ0n) is 13.4. The molecule has 1 unspecified atom stereocenters. The van der Waals surface area contributed by atoms with Crippen molar-refractivity contribution in [1.29, 1.82) is 0 Å². The number of aryl methyl sites for hydroxylation is 1. The van der Waals surface area contributed by atoms with E-state index in [1.165, 1.54) is 12.1 Å². The Kier molecular flexibility index (Phi) is 7.68. The zero-order chi connectivity index (χ0) is 15.7. The summed E-state index contributed by atoms with van der Waals surface area (Å²) in [6, 6.07) is 4.57. The molecule has 0 radical (unpaired) electrons. The van der Waals surface area contributed by atoms with Gasteiger partial charge < -0.3 is 15.2 Å². The molecule has 0 aromatic heterocycles. The number of aliphatic hydroxyl groups excluding tert-OH is 1. The fourth-order valence-corrected chi connectivity index (χ4v) is 2.22. The molecule has 2 N–H and O–H groups in total. The second-order valence-corrected chi connectivity index (χ2v) is 5.86. The van der Waals surface area contributed by atoms with E-state index in [9.17, 15) is 9.50 Å². The SMILES string of the molecule is CCCNC(C)(CO)CCCCOc1ccc(F)cc1C. The van der Waals surface area contributed by atoms with Gasteiger partial charge in [-0.15, -0.1) is 0 Å². The van der Waals surface area contributed by atoms with E-state index in [1.807, 2.05) is 13.8 Å². The summed E-state index contributed by atoms with van der Waals surface area (Å²) < 4.78 is 18.6. The quantitative estimate of drug-likeness (QED) is 0.650. The van der Waals surface area contributed by atoms with Crippen molar-refractivity contribution in [3.8, 4) is 5.75 Å². The number of benzene rings is 1. The minimum atomic E-state index is -0.236. The summed E-state index contributed by atoms with van der Waals surface area (Å²) in [6.07, 6.45) is 3.87. The van der Waals surface area contributed by atoms with E-state index in [0.29, 0.717) is 6.61 Å². The molecule has 0 saturated carbocycles. The summed E-state index contributed by atoms with van der Waals surface area (Å²) >= 11 is 0. The van der Waals surface area contributed by atoms with Crippen molar-refractivity contribution in [2.75, 3.05) is 19.8 Å². The number of hydrogen-bond acceptors (Lipinski definition) is 3. The Morgan fingerprint density at radius 2 is 2.10 bits per heavy atom. The molecule has 0 aliphatic heterocycles. The minimum absolute atomic E-state index is 0.144. The third-order valence-electron chi connectivity index (χ3n) is 3.67. The van der Waals surface area contributed by atoms with E-state index in [4.69, 9.17) is 4.74 Å². The smallest absolute Gasteiger partial charge is 0.123 e. The molecule has 0 fully saturated rings. The van der Waals surface area contributed by atoms with Gasteiger partial charge in [-0.3, -0.25) is 0 Å². The van der Waals surface area contributed by atoms with E-state index in [2.05, 4.69) is 12.2 Å². The molecule has 0 amide bonds. The van der Waals surface area contributed by atoms with Crippen molar-refractivity contribution in [1.82, 2.24) is 5.32 Å². The van der Waals surface area contributed by atoms with Crippen LogP contribution in [0.3, 0.4) is 0 Å². The third-order valence-corrected chi connectivity index (χ3v) is 3.67. The van der Waals surface area contributed by atoms with Crippen molar-refractivity contribution in [2.45, 2.75) is 52.0 Å². The van der Waals surface area contributed by atoms with Gasteiger partial charge in [0.05, 0.1) is 13.2 Å². The molecule has 0 saturated heterocycles. The molecule has 0 aliphatic carbocycles. The first-order chi connectivity index (χ1) is 10.0. The Hall–Kier alpha value is -1.13. The maximum Gasteiger partial charge on any atom is 0.123 e. The molecule has 0 bridgehead atoms. The van der Waals surface area contributed by atoms with Gasteiger partial charge in [0.1, 0.15) is 11.6 Å². The lowest BCUT2D eigenvalue weighted by Gasteiger charge is -2.28. The molecule has 1 aromatic carbocycles. The molecule has 21 heavy (non-hydrogen) atoms. The standard InChI is InChI=1S/C17H28FNO2/c1-4-10-19-17(3,13-20)9-5-6-11-21-16-8-7-15(18)12-14(16)2/h7-8,12,19-20H,4-6,9-11,13H2,1-3H3. The van der Waals surface area contributed by atoms with Crippen LogP contribution in [0.25, 0.3) is 0 Å². The van der Waals surface area contributed by atoms with Gasteiger partial charge in [-0.2, -0.15) is 0 Å². The first-order valence-corrected chi connectivity index (χ1v) is 7.75. The largest absolute Gasteiger partial charge is 0.493 e. The molecule has 1 aromatic rings. The van der Waals surface area contributed by atoms with E-state index >= 15 is 0 Å². The molecule has 120 valence electrons. The second-order valence-electron chi connectivity index (χ2n) is 5.86. The van der Waals surface area contributed by atoms with Crippen LogP contribution in [0.5, 0.6) is 5.75 Å². The van der Waals surface area contributed by atoms with Gasteiger partial charge in [0.15, 0.2) is 0 Å². The number of ether oxygens (including phenoxy) is 1. The number of rotatable bonds is 10. The molecule has 0 spiro atoms. The van der Waals surface area contributed by atoms with E-state index < -0.39 is 0 Å². The van der Waals surface area contributed by atoms with Gasteiger partial charge >= 0.3 is 0 Å². The van der Waals surface area contributed by atoms with Gasteiger partial charge in [0.2, 0.25) is 0 Å². The Morgan fingerprint density at radius 3 is 2.71 bits per heavy atom. The summed E-state index contributed by atoms with van der Waals surface area (Å²) in [7, 11) is 0. The average molecular weight is 297 g/mol. The second kappa shape index (κ2) is 9.00. The Bertz CT molecular complexity index is 425. The predicted octanol–water partition coefficient (Wildman–Crippen LogP) is 3.43. The molecule has 1 rings (SSSR count). The van der Waals surface area contributed by atoms with Crippen LogP contribution in [0.15, 0.2) is 18.2 Å². The highest BCUT2D eigenvalue weighted by Gasteiger charge is 2.21. The average Bonchev–Trinajstić information content (AvgIpc) is 2.47. The fraction of sp³-hybridized carbons (Fsp3) is 0.647. The lowest BCUT2D eigenvalue weighted by atomic mass is 9.95. The lowest BCUT2D eigenvalue weighted by Crippen LogP contribution is -2.46. The number of halogens is 1. The first-order valence-electron chi connectivity index (χ1n) is 7.75. The highest BCUT2D eigenvalue weighted by molar-refractivity contribution is 5.32. The Morgan fingerprint density at radius 1 is 1.33 bits per heavy atom. The van der Waals surface area contributed by atoms with Crippen LogP contribution >= 0.6 is 0 Å². The predicted molar refractivity (Wildman–Crippen MR) is 84.3 cm³/mol. The topological polar surface area (TPSA) is 41.5 Å². The number of unbranched alkanes of at least 4 members (excludes halogenated alkanes) is 1. The van der Waals surface area contributed by atoms with Crippen molar-refractivity contribution < 1.29 is 14.2 Å². The molecule has 0 aliphatic rings. The number of hydrogen-bond donors (Lipinski definition) is 2. The van der Waals surface area contributed by atoms with Crippen LogP contribution < -0.4 is 10.1 Å². The van der Waals surface area contributed by atoms with Crippen LogP contribution in [0.2, 0.25) is 0 Å². The fourth-order valence-electron chi connectivity index (χ4n) is 2.22. The van der Waals surface area contributed by atoms with Gasteiger partial charge in [-0.25, -0.2) is 4.39 Å². The Labute approximate surface area is 127 Å². The zero-order valence-corrected chi connectivity index (χ0v) is 13.4. The van der Waals surface area contributed by atoms with Crippen LogP contribution in [-0.2, 0) is 0 Å². The van der Waals surface area contributed by atoms with Gasteiger partial charge in [0.25, 0.3) is 0 Å². The Balaban J connectivity index is 2.27. The monoisotopic (exact) mass is 297 g/mol. The maximum absolute atomic E-state index is 13.0. The van der Waals surface area contributed by atoms with Crippen molar-refractivity contribution in [3.05, 3.63) is 29.6 Å².